The van der Waals surface area contributed by atoms with E-state index in [4.69, 9.17) is 9.15 Å². The van der Waals surface area contributed by atoms with Gasteiger partial charge >= 0.3 is 5.63 Å². The van der Waals surface area contributed by atoms with Gasteiger partial charge in [-0.1, -0.05) is 6.07 Å². The fraction of sp³-hybridized carbons (Fsp3) is 0.0909. The van der Waals surface area contributed by atoms with Crippen LogP contribution in [0, 0.1) is 0 Å². The quantitative estimate of drug-likeness (QED) is 0.745. The van der Waals surface area contributed by atoms with Crippen molar-refractivity contribution in [3.05, 3.63) is 46.9 Å². The lowest BCUT2D eigenvalue weighted by Gasteiger charge is -2.01. The van der Waals surface area contributed by atoms with Gasteiger partial charge in [0.05, 0.1) is 7.11 Å². The number of hydrogen-bond donors (Lipinski definition) is 0. The van der Waals surface area contributed by atoms with Crippen LogP contribution in [-0.2, 0) is 0 Å². The summed E-state index contributed by atoms with van der Waals surface area (Å²) in [5, 5.41) is 0. The largest absolute Gasteiger partial charge is 0.497 e. The van der Waals surface area contributed by atoms with Gasteiger partial charge in [0.2, 0.25) is 0 Å². The second-order valence-corrected chi connectivity index (χ2v) is 2.89. The first-order chi connectivity index (χ1) is 7.29. The highest BCUT2D eigenvalue weighted by Gasteiger charge is 2.03. The lowest BCUT2D eigenvalue weighted by molar-refractivity contribution is 0.414. The lowest BCUT2D eigenvalue weighted by atomic mass is 10.2. The van der Waals surface area contributed by atoms with E-state index in [1.165, 1.54) is 6.07 Å². The van der Waals surface area contributed by atoms with Gasteiger partial charge in [-0.15, -0.1) is 0 Å². The summed E-state index contributed by atoms with van der Waals surface area (Å²) in [6.07, 6.45) is 1.60. The van der Waals surface area contributed by atoms with Crippen molar-refractivity contribution in [1.82, 2.24) is 4.98 Å². The molecule has 0 radical (unpaired) electrons. The summed E-state index contributed by atoms with van der Waals surface area (Å²) in [5.41, 5.74) is 0.184. The zero-order valence-corrected chi connectivity index (χ0v) is 8.14. The second-order valence-electron chi connectivity index (χ2n) is 2.89. The molecule has 0 saturated carbocycles. The molecule has 0 N–H and O–H groups in total. The van der Waals surface area contributed by atoms with Crippen LogP contribution in [0.25, 0.3) is 11.5 Å². The third-order valence-electron chi connectivity index (χ3n) is 1.91. The lowest BCUT2D eigenvalue weighted by Crippen LogP contribution is -1.96. The van der Waals surface area contributed by atoms with Gasteiger partial charge in [0.1, 0.15) is 11.4 Å². The van der Waals surface area contributed by atoms with E-state index in [1.54, 1.807) is 37.6 Å². The summed E-state index contributed by atoms with van der Waals surface area (Å²) < 4.78 is 10.0. The Morgan fingerprint density at radius 2 is 2.20 bits per heavy atom. The number of pyridine rings is 1. The Morgan fingerprint density at radius 3 is 2.93 bits per heavy atom. The molecule has 0 aliphatic rings. The van der Waals surface area contributed by atoms with Crippen LogP contribution in [0.15, 0.2) is 45.7 Å². The number of nitrogens with zero attached hydrogens (tertiary/aromatic N) is 1. The average Bonchev–Trinajstić information content (AvgIpc) is 2.29. The van der Waals surface area contributed by atoms with Gasteiger partial charge in [0.15, 0.2) is 5.76 Å². The molecule has 76 valence electrons. The minimum atomic E-state index is -0.392. The molecular weight excluding hydrogens is 194 g/mol. The molecule has 2 rings (SSSR count). The zero-order valence-electron chi connectivity index (χ0n) is 8.14. The first kappa shape index (κ1) is 9.45. The molecule has 15 heavy (non-hydrogen) atoms. The van der Waals surface area contributed by atoms with Gasteiger partial charge < -0.3 is 9.15 Å². The maximum absolute atomic E-state index is 11.0. The van der Waals surface area contributed by atoms with Crippen LogP contribution in [0.4, 0.5) is 0 Å². The van der Waals surface area contributed by atoms with Gasteiger partial charge in [-0.3, -0.25) is 4.98 Å². The Labute approximate surface area is 86.2 Å². The minimum absolute atomic E-state index is 0.392. The molecule has 2 heterocycles. The molecule has 4 heteroatoms. The molecule has 4 nitrogen and oxygen atoms in total. The SMILES string of the molecule is COc1ccnc(-c2cccc(=O)o2)c1. The van der Waals surface area contributed by atoms with Crippen molar-refractivity contribution in [2.45, 2.75) is 0 Å². The topological polar surface area (TPSA) is 52.3 Å². The number of ether oxygens (including phenoxy) is 1. The normalized spacial score (nSPS) is 9.93. The van der Waals surface area contributed by atoms with Gasteiger partial charge in [0, 0.05) is 18.3 Å². The van der Waals surface area contributed by atoms with Crippen molar-refractivity contribution >= 4 is 0 Å². The van der Waals surface area contributed by atoms with Crippen LogP contribution in [0.1, 0.15) is 0 Å². The van der Waals surface area contributed by atoms with E-state index in [-0.39, 0.29) is 0 Å². The average molecular weight is 203 g/mol. The fourth-order valence-corrected chi connectivity index (χ4v) is 1.20. The van der Waals surface area contributed by atoms with E-state index in [9.17, 15) is 4.79 Å². The fourth-order valence-electron chi connectivity index (χ4n) is 1.20. The van der Waals surface area contributed by atoms with E-state index in [0.717, 1.165) is 0 Å². The van der Waals surface area contributed by atoms with Crippen LogP contribution in [-0.4, -0.2) is 12.1 Å². The molecule has 0 bridgehead atoms. The summed E-state index contributed by atoms with van der Waals surface area (Å²) in [7, 11) is 1.57. The molecule has 0 aliphatic heterocycles. The maximum Gasteiger partial charge on any atom is 0.336 e. The van der Waals surface area contributed by atoms with E-state index in [2.05, 4.69) is 4.98 Å². The van der Waals surface area contributed by atoms with Crippen molar-refractivity contribution in [3.63, 3.8) is 0 Å². The van der Waals surface area contributed by atoms with Crippen molar-refractivity contribution in [2.24, 2.45) is 0 Å². The highest BCUT2D eigenvalue weighted by atomic mass is 16.5. The van der Waals surface area contributed by atoms with E-state index in [0.29, 0.717) is 17.2 Å². The third-order valence-corrected chi connectivity index (χ3v) is 1.91. The number of rotatable bonds is 2. The molecule has 0 aliphatic carbocycles. The van der Waals surface area contributed by atoms with E-state index in [1.807, 2.05) is 0 Å². The Bertz CT molecular complexity index is 519. The highest BCUT2D eigenvalue weighted by molar-refractivity contribution is 5.53. The standard InChI is InChI=1S/C11H9NO3/c1-14-8-5-6-12-9(7-8)10-3-2-4-11(13)15-10/h2-7H,1H3. The minimum Gasteiger partial charge on any atom is -0.497 e. The molecule has 2 aromatic rings. The number of hydrogen-bond acceptors (Lipinski definition) is 4. The molecule has 0 atom stereocenters. The molecule has 0 saturated heterocycles. The molecule has 2 aromatic heterocycles. The van der Waals surface area contributed by atoms with Crippen LogP contribution in [0.3, 0.4) is 0 Å². The van der Waals surface area contributed by atoms with E-state index < -0.39 is 5.63 Å². The highest BCUT2D eigenvalue weighted by Crippen LogP contribution is 2.19. The molecule has 0 fully saturated rings. The monoisotopic (exact) mass is 203 g/mol. The summed E-state index contributed by atoms with van der Waals surface area (Å²) in [5.74, 6) is 1.10. The van der Waals surface area contributed by atoms with Gasteiger partial charge in [-0.2, -0.15) is 0 Å². The van der Waals surface area contributed by atoms with Crippen LogP contribution < -0.4 is 10.4 Å². The molecule has 0 spiro atoms. The molecular formula is C11H9NO3. The Morgan fingerprint density at radius 1 is 1.33 bits per heavy atom. The molecule has 0 unspecified atom stereocenters. The Balaban J connectivity index is 2.49. The van der Waals surface area contributed by atoms with Gasteiger partial charge in [0.25, 0.3) is 0 Å². The molecule has 0 aromatic carbocycles. The number of aromatic nitrogens is 1. The Kier molecular flexibility index (Phi) is 2.49. The van der Waals surface area contributed by atoms with Crippen molar-refractivity contribution in [2.75, 3.05) is 7.11 Å². The summed E-state index contributed by atoms with van der Waals surface area (Å²) >= 11 is 0. The first-order valence-electron chi connectivity index (χ1n) is 4.40. The zero-order chi connectivity index (χ0) is 10.7. The van der Waals surface area contributed by atoms with Gasteiger partial charge in [-0.25, -0.2) is 4.79 Å². The van der Waals surface area contributed by atoms with Crippen molar-refractivity contribution in [3.8, 4) is 17.2 Å². The van der Waals surface area contributed by atoms with Crippen LogP contribution in [0.5, 0.6) is 5.75 Å². The smallest absolute Gasteiger partial charge is 0.336 e. The summed E-state index contributed by atoms with van der Waals surface area (Å²) in [4.78, 5) is 15.1. The molecule has 0 amide bonds. The van der Waals surface area contributed by atoms with Gasteiger partial charge in [-0.05, 0) is 12.1 Å². The Hall–Kier alpha value is -2.10. The predicted molar refractivity (Wildman–Crippen MR) is 54.8 cm³/mol. The summed E-state index contributed by atoms with van der Waals surface area (Å²) in [6, 6.07) is 8.10. The van der Waals surface area contributed by atoms with Crippen molar-refractivity contribution < 1.29 is 9.15 Å². The van der Waals surface area contributed by atoms with Crippen LogP contribution >= 0.6 is 0 Å². The second kappa shape index (κ2) is 3.96. The number of methoxy groups -OCH3 is 1. The van der Waals surface area contributed by atoms with Crippen LogP contribution in [0.2, 0.25) is 0 Å². The third kappa shape index (κ3) is 2.04. The summed E-state index contributed by atoms with van der Waals surface area (Å²) in [6.45, 7) is 0. The first-order valence-corrected chi connectivity index (χ1v) is 4.40. The predicted octanol–water partition coefficient (Wildman–Crippen LogP) is 1.71. The maximum atomic E-state index is 11.0. The van der Waals surface area contributed by atoms with Crippen molar-refractivity contribution in [1.29, 1.82) is 0 Å². The van der Waals surface area contributed by atoms with E-state index >= 15 is 0 Å².